The molecule has 6 aromatic rings. The van der Waals surface area contributed by atoms with Crippen molar-refractivity contribution in [1.29, 1.82) is 0 Å². The molecule has 628 valence electrons. The topological polar surface area (TPSA) is 333 Å². The van der Waals surface area contributed by atoms with Gasteiger partial charge in [0.1, 0.15) is 46.0 Å². The van der Waals surface area contributed by atoms with E-state index in [9.17, 15) is 47.9 Å². The first-order chi connectivity index (χ1) is 56.9. The van der Waals surface area contributed by atoms with Gasteiger partial charge in [0.05, 0.1) is 86.2 Å². The molecule has 0 heterocycles. The van der Waals surface area contributed by atoms with Gasteiger partial charge in [0.2, 0.25) is 0 Å². The number of benzene rings is 6. The summed E-state index contributed by atoms with van der Waals surface area (Å²) in [5.41, 5.74) is 13.1. The van der Waals surface area contributed by atoms with E-state index in [0.717, 1.165) is 178 Å². The van der Waals surface area contributed by atoms with Crippen molar-refractivity contribution in [3.8, 4) is 46.0 Å². The van der Waals surface area contributed by atoms with Crippen LogP contribution in [0.2, 0.25) is 0 Å². The number of amides is 2. The predicted molar refractivity (Wildman–Crippen MR) is 443 cm³/mol. The molecule has 24 heteroatoms. The van der Waals surface area contributed by atoms with Crippen LogP contribution in [-0.2, 0) is 51.0 Å². The van der Waals surface area contributed by atoms with Crippen LogP contribution >= 0.6 is 0 Å². The lowest BCUT2D eigenvalue weighted by atomic mass is 9.99. The summed E-state index contributed by atoms with van der Waals surface area (Å²) < 4.78 is 67.9. The van der Waals surface area contributed by atoms with Crippen LogP contribution in [0.15, 0.2) is 172 Å². The molecule has 0 fully saturated rings. The van der Waals surface area contributed by atoms with Gasteiger partial charge in [-0.15, -0.1) is 0 Å². The first-order valence-corrected chi connectivity index (χ1v) is 40.8. The largest absolute Gasteiger partial charge is 0.494 e. The molecule has 0 aliphatic heterocycles. The van der Waals surface area contributed by atoms with Crippen LogP contribution in [0, 0.1) is 0 Å². The van der Waals surface area contributed by atoms with Gasteiger partial charge < -0.3 is 68.3 Å². The number of unbranched alkanes of at least 4 members (excludes halogenated alkanes) is 24. The third-order valence-electron chi connectivity index (χ3n) is 18.7. The van der Waals surface area contributed by atoms with Crippen molar-refractivity contribution in [1.82, 2.24) is 0 Å². The summed E-state index contributed by atoms with van der Waals surface area (Å²) in [6.45, 7) is 16.9. The molecule has 24 nitrogen and oxygen atoms in total. The molecule has 4 N–H and O–H groups in total. The maximum Gasteiger partial charge on any atom is 0.343 e. The molecule has 0 saturated carbocycles. The van der Waals surface area contributed by atoms with E-state index in [0.29, 0.717) is 119 Å². The minimum absolute atomic E-state index is 0.0219. The van der Waals surface area contributed by atoms with Crippen molar-refractivity contribution in [3.05, 3.63) is 216 Å². The highest BCUT2D eigenvalue weighted by Gasteiger charge is 2.25. The van der Waals surface area contributed by atoms with Crippen LogP contribution in [-0.4, -0.2) is 112 Å². The van der Waals surface area contributed by atoms with Crippen molar-refractivity contribution in [2.45, 2.75) is 199 Å². The van der Waals surface area contributed by atoms with E-state index in [1.54, 1.807) is 97.1 Å². The number of hydrogen-bond acceptors (Lipinski definition) is 22. The number of nitrogens with two attached hydrogens (primary N) is 2. The molecule has 0 aliphatic carbocycles. The monoisotopic (exact) mass is 1610 g/mol. The zero-order chi connectivity index (χ0) is 84.0. The number of primary amides is 2. The predicted octanol–water partition coefficient (Wildman–Crippen LogP) is 18.3. The molecule has 0 aromatic heterocycles. The summed E-state index contributed by atoms with van der Waals surface area (Å²) in [6.07, 6.45) is 29.6. The molecular formula is C93H114N2O22. The van der Waals surface area contributed by atoms with Gasteiger partial charge in [0.15, 0.2) is 0 Å². The van der Waals surface area contributed by atoms with E-state index < -0.39 is 59.6 Å². The molecule has 2 amide bonds. The Morgan fingerprint density at radius 3 is 0.675 bits per heavy atom. The second-order valence-corrected chi connectivity index (χ2v) is 27.9. The SMILES string of the molecule is C=CC(=O)OCCCCCCCCOc1ccc(C(=O)Oc2cc(CCCCCCCc3cc(OC(=O)c4ccc(OCCCCCCCCOC(=O)C=C)cc4)cc(C(N)=O)c3OC(=O)c3ccc(OCCCCCCCCOC(=O)C=C)cc3)c(OC(=O)c3ccc(OCCCCCCCCOC(=O)C=C)cc3)c(C(N)=O)c2)cc1. The fourth-order valence-corrected chi connectivity index (χ4v) is 12.3. The van der Waals surface area contributed by atoms with Crippen molar-refractivity contribution in [3.63, 3.8) is 0 Å². The average molecular weight is 1610 g/mol. The highest BCUT2D eigenvalue weighted by atomic mass is 16.6. The van der Waals surface area contributed by atoms with Gasteiger partial charge in [-0.1, -0.05) is 148 Å². The summed E-state index contributed by atoms with van der Waals surface area (Å²) in [4.78, 5) is 128. The van der Waals surface area contributed by atoms with Gasteiger partial charge in [-0.2, -0.15) is 0 Å². The van der Waals surface area contributed by atoms with Crippen LogP contribution in [0.25, 0.3) is 0 Å². The van der Waals surface area contributed by atoms with Gasteiger partial charge in [-0.25, -0.2) is 38.4 Å². The first kappa shape index (κ1) is 94.0. The van der Waals surface area contributed by atoms with Crippen LogP contribution in [0.1, 0.15) is 259 Å². The molecular weight excluding hydrogens is 1500 g/mol. The Bertz CT molecular complexity index is 3890. The van der Waals surface area contributed by atoms with Crippen molar-refractivity contribution in [2.75, 3.05) is 52.9 Å². The van der Waals surface area contributed by atoms with Crippen molar-refractivity contribution >= 4 is 59.6 Å². The van der Waals surface area contributed by atoms with Crippen LogP contribution in [0.4, 0.5) is 0 Å². The second-order valence-electron chi connectivity index (χ2n) is 27.9. The summed E-state index contributed by atoms with van der Waals surface area (Å²) in [5.74, 6) is -4.71. The average Bonchev–Trinajstić information content (AvgIpc) is 0.805. The molecule has 0 spiro atoms. The highest BCUT2D eigenvalue weighted by molar-refractivity contribution is 6.01. The van der Waals surface area contributed by atoms with E-state index in [-0.39, 0.29) is 69.2 Å². The van der Waals surface area contributed by atoms with Crippen LogP contribution in [0.5, 0.6) is 46.0 Å². The Balaban J connectivity index is 1.12. The van der Waals surface area contributed by atoms with Crippen LogP contribution < -0.4 is 49.4 Å². The van der Waals surface area contributed by atoms with Gasteiger partial charge in [-0.3, -0.25) is 9.59 Å². The Hall–Kier alpha value is -11.8. The van der Waals surface area contributed by atoms with E-state index in [1.807, 2.05) is 0 Å². The molecule has 6 rings (SSSR count). The normalized spacial score (nSPS) is 10.7. The Labute approximate surface area is 686 Å². The molecule has 0 unspecified atom stereocenters. The molecule has 0 aliphatic rings. The van der Waals surface area contributed by atoms with E-state index >= 15 is 0 Å². The van der Waals surface area contributed by atoms with Crippen LogP contribution in [0.3, 0.4) is 0 Å². The summed E-state index contributed by atoms with van der Waals surface area (Å²) in [5, 5.41) is 0. The second kappa shape index (κ2) is 55.6. The molecule has 0 radical (unpaired) electrons. The van der Waals surface area contributed by atoms with Gasteiger partial charge in [0, 0.05) is 24.3 Å². The maximum atomic E-state index is 14.1. The standard InChI is InChI=1S/C93H114N2O22/c1-5-82(96)110-60-34-24-13-9-20-30-56-106-74-48-40-68(41-49-74)90(102)114-78-64-72(86(80(66-78)88(94)100)116-92(104)70-44-52-76(53-45-70)108-58-32-22-11-15-26-36-62-112-84(98)7-3)38-28-18-17-19-29-39-73-65-79(115-91(103)69-42-50-75(51-43-69)107-57-31-21-10-14-25-35-61-111-83(97)6-2)67-81(89(95)101)87(73)117-93(105)71-46-54-77(55-47-71)109-59-33-23-12-16-27-37-63-113-85(99)8-4/h5-8,40-55,64-67H,1-4,9-39,56-63H2,(H2,94,100)(H2,95,101). The number of ether oxygens (including phenoxy) is 12. The van der Waals surface area contributed by atoms with Crippen molar-refractivity contribution in [2.24, 2.45) is 11.5 Å². The van der Waals surface area contributed by atoms with Gasteiger partial charge >= 0.3 is 47.8 Å². The zero-order valence-corrected chi connectivity index (χ0v) is 67.4. The number of carbonyl (C=O) groups is 10. The first-order valence-electron chi connectivity index (χ1n) is 40.8. The van der Waals surface area contributed by atoms with E-state index in [4.69, 9.17) is 68.3 Å². The molecule has 6 aromatic carbocycles. The summed E-state index contributed by atoms with van der Waals surface area (Å²) in [6, 6.07) is 31.3. The third-order valence-corrected chi connectivity index (χ3v) is 18.7. The van der Waals surface area contributed by atoms with Crippen molar-refractivity contribution < 1.29 is 105 Å². The number of aryl methyl sites for hydroxylation is 2. The lowest BCUT2D eigenvalue weighted by Crippen LogP contribution is -2.18. The Morgan fingerprint density at radius 1 is 0.248 bits per heavy atom. The third kappa shape index (κ3) is 37.6. The van der Waals surface area contributed by atoms with Gasteiger partial charge in [-0.05, 0) is 210 Å². The Morgan fingerprint density at radius 2 is 0.453 bits per heavy atom. The molecule has 0 bridgehead atoms. The fourth-order valence-electron chi connectivity index (χ4n) is 12.3. The number of carbonyl (C=O) groups excluding carboxylic acids is 10. The lowest BCUT2D eigenvalue weighted by Gasteiger charge is -2.17. The van der Waals surface area contributed by atoms with E-state index in [1.165, 1.54) is 24.3 Å². The van der Waals surface area contributed by atoms with Gasteiger partial charge in [0.25, 0.3) is 11.8 Å². The summed E-state index contributed by atoms with van der Waals surface area (Å²) in [7, 11) is 0. The number of rotatable bonds is 62. The number of esters is 8. The fraction of sp³-hybridized carbons (Fsp3) is 0.419. The quantitative estimate of drug-likeness (QED) is 0.0118. The number of hydrogen-bond donors (Lipinski definition) is 2. The minimum atomic E-state index is -0.947. The smallest absolute Gasteiger partial charge is 0.343 e. The minimum Gasteiger partial charge on any atom is -0.494 e. The molecule has 0 saturated heterocycles. The highest BCUT2D eigenvalue weighted by Crippen LogP contribution is 2.36. The maximum absolute atomic E-state index is 14.1. The van der Waals surface area contributed by atoms with E-state index in [2.05, 4.69) is 26.3 Å². The molecule has 0 atom stereocenters. The lowest BCUT2D eigenvalue weighted by molar-refractivity contribution is -0.138. The Kier molecular flexibility index (Phi) is 44.7. The summed E-state index contributed by atoms with van der Waals surface area (Å²) >= 11 is 0. The zero-order valence-electron chi connectivity index (χ0n) is 67.4. The molecule has 117 heavy (non-hydrogen) atoms.